The van der Waals surface area contributed by atoms with E-state index < -0.39 is 5.97 Å². The Morgan fingerprint density at radius 1 is 1.40 bits per heavy atom. The number of benzene rings is 1. The average Bonchev–Trinajstić information content (AvgIpc) is 2.47. The molecule has 0 fully saturated rings. The fraction of sp³-hybridized carbons (Fsp3) is 0.267. The highest BCUT2D eigenvalue weighted by Gasteiger charge is 2.17. The van der Waals surface area contributed by atoms with Gasteiger partial charge in [0.15, 0.2) is 0 Å². The van der Waals surface area contributed by atoms with Gasteiger partial charge >= 0.3 is 5.97 Å². The molecule has 0 saturated heterocycles. The lowest BCUT2D eigenvalue weighted by Gasteiger charge is -2.27. The largest absolute Gasteiger partial charge is 0.478 e. The predicted octanol–water partition coefficient (Wildman–Crippen LogP) is 1.73. The van der Waals surface area contributed by atoms with Crippen LogP contribution in [0.2, 0.25) is 0 Å². The van der Waals surface area contributed by atoms with E-state index in [2.05, 4.69) is 14.9 Å². The molecule has 1 N–H and O–H groups in total. The Balaban J connectivity index is 1.73. The number of carboxylic acid groups (broad SMARTS) is 1. The molecule has 2 heterocycles. The van der Waals surface area contributed by atoms with Crippen LogP contribution in [0.15, 0.2) is 36.8 Å². The van der Waals surface area contributed by atoms with Gasteiger partial charge in [0, 0.05) is 25.8 Å². The van der Waals surface area contributed by atoms with Gasteiger partial charge in [0.2, 0.25) is 0 Å². The number of carboxylic acids is 1. The van der Waals surface area contributed by atoms with Gasteiger partial charge in [-0.3, -0.25) is 4.90 Å². The number of hydrogen-bond donors (Lipinski definition) is 1. The lowest BCUT2D eigenvalue weighted by molar-refractivity contribution is 0.0696. The van der Waals surface area contributed by atoms with Gasteiger partial charge < -0.3 is 5.11 Å². The normalized spacial score (nSPS) is 14.8. The van der Waals surface area contributed by atoms with E-state index >= 15 is 0 Å². The molecule has 5 heteroatoms. The van der Waals surface area contributed by atoms with E-state index in [0.717, 1.165) is 37.3 Å². The van der Waals surface area contributed by atoms with Gasteiger partial charge in [-0.1, -0.05) is 12.1 Å². The van der Waals surface area contributed by atoms with Crippen LogP contribution in [0.1, 0.15) is 27.2 Å². The van der Waals surface area contributed by atoms with Crippen molar-refractivity contribution < 1.29 is 9.90 Å². The van der Waals surface area contributed by atoms with Crippen molar-refractivity contribution in [1.82, 2.24) is 14.9 Å². The first-order valence-electron chi connectivity index (χ1n) is 6.55. The molecular formula is C15H15N3O2. The molecule has 1 aliphatic heterocycles. The van der Waals surface area contributed by atoms with E-state index in [-0.39, 0.29) is 0 Å². The Kier molecular flexibility index (Phi) is 3.43. The molecule has 0 aliphatic carbocycles. The third-order valence-corrected chi connectivity index (χ3v) is 3.53. The fourth-order valence-electron chi connectivity index (χ4n) is 2.50. The van der Waals surface area contributed by atoms with Gasteiger partial charge in [0.1, 0.15) is 6.33 Å². The molecule has 0 bridgehead atoms. The summed E-state index contributed by atoms with van der Waals surface area (Å²) in [5, 5.41) is 9.01. The molecule has 2 aromatic rings. The quantitative estimate of drug-likeness (QED) is 0.919. The first-order valence-corrected chi connectivity index (χ1v) is 6.55. The zero-order valence-electron chi connectivity index (χ0n) is 11.0. The summed E-state index contributed by atoms with van der Waals surface area (Å²) in [5.41, 5.74) is 3.63. The summed E-state index contributed by atoms with van der Waals surface area (Å²) in [7, 11) is 0. The van der Waals surface area contributed by atoms with Gasteiger partial charge in [-0.15, -0.1) is 0 Å². The Bertz CT molecular complexity index is 643. The van der Waals surface area contributed by atoms with Crippen LogP contribution in [0.4, 0.5) is 0 Å². The highest BCUT2D eigenvalue weighted by molar-refractivity contribution is 5.87. The molecule has 0 atom stereocenters. The van der Waals surface area contributed by atoms with Crippen molar-refractivity contribution >= 4 is 5.97 Å². The summed E-state index contributed by atoms with van der Waals surface area (Å²) < 4.78 is 0. The highest BCUT2D eigenvalue weighted by Crippen LogP contribution is 2.18. The molecule has 1 aliphatic rings. The SMILES string of the molecule is O=C(O)c1cccc(CN2CCc3cncnc3C2)c1. The first kappa shape index (κ1) is 12.7. The van der Waals surface area contributed by atoms with Crippen LogP contribution in [0, 0.1) is 0 Å². The Morgan fingerprint density at radius 2 is 2.30 bits per heavy atom. The molecule has 102 valence electrons. The van der Waals surface area contributed by atoms with E-state index in [1.54, 1.807) is 24.5 Å². The van der Waals surface area contributed by atoms with E-state index in [1.165, 1.54) is 5.56 Å². The van der Waals surface area contributed by atoms with E-state index in [0.29, 0.717) is 5.56 Å². The Labute approximate surface area is 116 Å². The van der Waals surface area contributed by atoms with Gasteiger partial charge in [0.05, 0.1) is 11.3 Å². The molecule has 0 saturated carbocycles. The van der Waals surface area contributed by atoms with Crippen LogP contribution >= 0.6 is 0 Å². The smallest absolute Gasteiger partial charge is 0.335 e. The number of carbonyl (C=O) groups is 1. The summed E-state index contributed by atoms with van der Waals surface area (Å²) in [6.07, 6.45) is 4.40. The van der Waals surface area contributed by atoms with Crippen LogP contribution in [0.5, 0.6) is 0 Å². The van der Waals surface area contributed by atoms with Crippen molar-refractivity contribution in [3.63, 3.8) is 0 Å². The van der Waals surface area contributed by atoms with Crippen molar-refractivity contribution in [2.24, 2.45) is 0 Å². The van der Waals surface area contributed by atoms with Crippen LogP contribution in [0.3, 0.4) is 0 Å². The van der Waals surface area contributed by atoms with Crippen LogP contribution < -0.4 is 0 Å². The zero-order valence-corrected chi connectivity index (χ0v) is 11.0. The second-order valence-corrected chi connectivity index (χ2v) is 4.96. The highest BCUT2D eigenvalue weighted by atomic mass is 16.4. The minimum atomic E-state index is -0.886. The number of rotatable bonds is 3. The first-order chi connectivity index (χ1) is 9.72. The molecule has 0 amide bonds. The molecule has 1 aromatic carbocycles. The Morgan fingerprint density at radius 3 is 3.15 bits per heavy atom. The molecule has 0 unspecified atom stereocenters. The molecule has 0 spiro atoms. The van der Waals surface area contributed by atoms with E-state index in [1.807, 2.05) is 12.3 Å². The number of aromatic carboxylic acids is 1. The zero-order chi connectivity index (χ0) is 13.9. The summed E-state index contributed by atoms with van der Waals surface area (Å²) >= 11 is 0. The van der Waals surface area contributed by atoms with E-state index in [9.17, 15) is 4.79 Å². The minimum absolute atomic E-state index is 0.335. The summed E-state index contributed by atoms with van der Waals surface area (Å²) in [6.45, 7) is 2.47. The second kappa shape index (κ2) is 5.38. The van der Waals surface area contributed by atoms with Crippen molar-refractivity contribution in [3.8, 4) is 0 Å². The molecule has 5 nitrogen and oxygen atoms in total. The third-order valence-electron chi connectivity index (χ3n) is 3.53. The maximum Gasteiger partial charge on any atom is 0.335 e. The average molecular weight is 269 g/mol. The minimum Gasteiger partial charge on any atom is -0.478 e. The maximum atomic E-state index is 11.0. The summed E-state index contributed by atoms with van der Waals surface area (Å²) in [5.74, 6) is -0.886. The fourth-order valence-corrected chi connectivity index (χ4v) is 2.50. The Hall–Kier alpha value is -2.27. The topological polar surface area (TPSA) is 66.3 Å². The van der Waals surface area contributed by atoms with Crippen molar-refractivity contribution in [2.75, 3.05) is 6.54 Å². The molecule has 1 aromatic heterocycles. The standard InChI is InChI=1S/C15H15N3O2/c19-15(20)12-3-1-2-11(6-12)8-18-5-4-13-7-16-10-17-14(13)9-18/h1-3,6-7,10H,4-5,8-9H2,(H,19,20). The number of hydrogen-bond acceptors (Lipinski definition) is 4. The van der Waals surface area contributed by atoms with Crippen molar-refractivity contribution in [2.45, 2.75) is 19.5 Å². The maximum absolute atomic E-state index is 11.0. The monoisotopic (exact) mass is 269 g/mol. The molecule has 0 radical (unpaired) electrons. The van der Waals surface area contributed by atoms with Gasteiger partial charge in [-0.2, -0.15) is 0 Å². The molecule has 20 heavy (non-hydrogen) atoms. The second-order valence-electron chi connectivity index (χ2n) is 4.96. The van der Waals surface area contributed by atoms with Crippen molar-refractivity contribution in [1.29, 1.82) is 0 Å². The van der Waals surface area contributed by atoms with Gasteiger partial charge in [-0.25, -0.2) is 14.8 Å². The molecular weight excluding hydrogens is 254 g/mol. The van der Waals surface area contributed by atoms with Crippen LogP contribution in [0.25, 0.3) is 0 Å². The summed E-state index contributed by atoms with van der Waals surface area (Å²) in [4.78, 5) is 21.6. The number of nitrogens with zero attached hydrogens (tertiary/aromatic N) is 3. The van der Waals surface area contributed by atoms with Crippen LogP contribution in [-0.4, -0.2) is 32.5 Å². The van der Waals surface area contributed by atoms with Gasteiger partial charge in [-0.05, 0) is 29.7 Å². The van der Waals surface area contributed by atoms with Crippen LogP contribution in [-0.2, 0) is 19.5 Å². The number of aromatic nitrogens is 2. The van der Waals surface area contributed by atoms with Gasteiger partial charge in [0.25, 0.3) is 0 Å². The lowest BCUT2D eigenvalue weighted by Crippen LogP contribution is -2.30. The predicted molar refractivity (Wildman–Crippen MR) is 73.3 cm³/mol. The third kappa shape index (κ3) is 2.67. The van der Waals surface area contributed by atoms with Crippen molar-refractivity contribution in [3.05, 3.63) is 59.2 Å². The van der Waals surface area contributed by atoms with E-state index in [4.69, 9.17) is 5.11 Å². The number of fused-ring (bicyclic) bond motifs is 1. The lowest BCUT2D eigenvalue weighted by atomic mass is 10.1. The molecule has 3 rings (SSSR count). The summed E-state index contributed by atoms with van der Waals surface area (Å²) in [6, 6.07) is 7.10.